The Morgan fingerprint density at radius 2 is 2.00 bits per heavy atom. The number of ether oxygens (including phenoxy) is 1. The molecule has 0 saturated heterocycles. The molecule has 0 aliphatic heterocycles. The highest BCUT2D eigenvalue weighted by atomic mass is 19.1. The van der Waals surface area contributed by atoms with Crippen LogP contribution >= 0.6 is 0 Å². The van der Waals surface area contributed by atoms with Gasteiger partial charge in [0.15, 0.2) is 11.6 Å². The number of hydrogen-bond acceptors (Lipinski definition) is 2. The quantitative estimate of drug-likeness (QED) is 0.420. The van der Waals surface area contributed by atoms with Crippen LogP contribution in [0, 0.1) is 11.7 Å². The van der Waals surface area contributed by atoms with Crippen molar-refractivity contribution in [2.75, 3.05) is 0 Å². The molecule has 1 aromatic rings. The summed E-state index contributed by atoms with van der Waals surface area (Å²) >= 11 is 0. The number of benzene rings is 1. The van der Waals surface area contributed by atoms with E-state index in [9.17, 15) is 13.6 Å². The molecule has 0 unspecified atom stereocenters. The Hall–Kier alpha value is -1.71. The Kier molecular flexibility index (Phi) is 5.69. The van der Waals surface area contributed by atoms with Gasteiger partial charge in [0.25, 0.3) is 0 Å². The maximum absolute atomic E-state index is 13.7. The molecule has 2 rings (SSSR count). The average Bonchev–Trinajstić information content (AvgIpc) is 2.50. The molecule has 2 nitrogen and oxygen atoms in total. The first kappa shape index (κ1) is 16.7. The molecule has 22 heavy (non-hydrogen) atoms. The zero-order chi connectivity index (χ0) is 16.1. The van der Waals surface area contributed by atoms with E-state index in [-0.39, 0.29) is 5.75 Å². The van der Waals surface area contributed by atoms with Gasteiger partial charge in [-0.1, -0.05) is 32.4 Å². The van der Waals surface area contributed by atoms with Crippen molar-refractivity contribution >= 4 is 5.97 Å². The van der Waals surface area contributed by atoms with Gasteiger partial charge in [0.1, 0.15) is 0 Å². The zero-order valence-electron chi connectivity index (χ0n) is 12.9. The highest BCUT2D eigenvalue weighted by molar-refractivity contribution is 5.87. The Morgan fingerprint density at radius 1 is 1.32 bits per heavy atom. The van der Waals surface area contributed by atoms with Crippen LogP contribution in [-0.2, 0) is 4.79 Å². The number of carbonyl (C=O) groups is 1. The summed E-state index contributed by atoms with van der Waals surface area (Å²) < 4.78 is 31.1. The predicted molar refractivity (Wildman–Crippen MR) is 81.9 cm³/mol. The van der Waals surface area contributed by atoms with Crippen molar-refractivity contribution in [3.8, 4) is 5.75 Å². The van der Waals surface area contributed by atoms with Gasteiger partial charge < -0.3 is 4.74 Å². The van der Waals surface area contributed by atoms with E-state index >= 15 is 0 Å². The Bertz CT molecular complexity index is 546. The van der Waals surface area contributed by atoms with E-state index in [2.05, 4.69) is 13.5 Å². The second-order valence-corrected chi connectivity index (χ2v) is 5.99. The fourth-order valence-corrected chi connectivity index (χ4v) is 3.20. The van der Waals surface area contributed by atoms with Crippen LogP contribution in [0.25, 0.3) is 0 Å². The van der Waals surface area contributed by atoms with E-state index in [1.165, 1.54) is 37.8 Å². The molecular formula is C18H22F2O2. The Labute approximate surface area is 130 Å². The summed E-state index contributed by atoms with van der Waals surface area (Å²) in [6, 6.07) is 4.51. The van der Waals surface area contributed by atoms with Gasteiger partial charge in [-0.05, 0) is 55.2 Å². The van der Waals surface area contributed by atoms with Crippen LogP contribution < -0.4 is 4.74 Å². The minimum absolute atomic E-state index is 0.225. The van der Waals surface area contributed by atoms with Crippen LogP contribution in [-0.4, -0.2) is 5.97 Å². The van der Waals surface area contributed by atoms with Gasteiger partial charge in [0.05, 0.1) is 0 Å². The third kappa shape index (κ3) is 4.15. The topological polar surface area (TPSA) is 26.3 Å². The zero-order valence-corrected chi connectivity index (χ0v) is 12.9. The molecule has 1 aliphatic carbocycles. The summed E-state index contributed by atoms with van der Waals surface area (Å²) in [6.45, 7) is 5.06. The maximum Gasteiger partial charge on any atom is 0.372 e. The molecule has 0 bridgehead atoms. The summed E-state index contributed by atoms with van der Waals surface area (Å²) in [4.78, 5) is 11.2. The summed E-state index contributed by atoms with van der Waals surface area (Å²) in [5.41, 5.74) is 0.948. The highest BCUT2D eigenvalue weighted by Crippen LogP contribution is 2.38. The molecule has 1 saturated carbocycles. The first-order valence-electron chi connectivity index (χ1n) is 7.87. The van der Waals surface area contributed by atoms with Gasteiger partial charge in [-0.15, -0.1) is 0 Å². The first-order chi connectivity index (χ1) is 10.5. The average molecular weight is 308 g/mol. The molecule has 4 heteroatoms. The van der Waals surface area contributed by atoms with Crippen molar-refractivity contribution in [3.05, 3.63) is 42.0 Å². The van der Waals surface area contributed by atoms with Crippen LogP contribution in [0.4, 0.5) is 8.78 Å². The van der Waals surface area contributed by atoms with Crippen molar-refractivity contribution in [1.29, 1.82) is 0 Å². The maximum atomic E-state index is 13.7. The normalized spacial score (nSPS) is 21.4. The summed E-state index contributed by atoms with van der Waals surface area (Å²) in [5.74, 6) is -2.24. The van der Waals surface area contributed by atoms with Crippen molar-refractivity contribution in [2.24, 2.45) is 5.92 Å². The van der Waals surface area contributed by atoms with Crippen molar-refractivity contribution < 1.29 is 18.3 Å². The lowest BCUT2D eigenvalue weighted by Gasteiger charge is -2.28. The van der Waals surface area contributed by atoms with E-state index in [1.54, 1.807) is 6.07 Å². The van der Waals surface area contributed by atoms with E-state index in [1.807, 2.05) is 0 Å². The fourth-order valence-electron chi connectivity index (χ4n) is 3.20. The minimum atomic E-state index is -1.25. The molecule has 1 fully saturated rings. The molecule has 1 aliphatic rings. The van der Waals surface area contributed by atoms with Gasteiger partial charge in [-0.3, -0.25) is 0 Å². The number of rotatable bonds is 5. The molecule has 0 amide bonds. The molecule has 0 aromatic heterocycles. The molecule has 0 N–H and O–H groups in total. The lowest BCUT2D eigenvalue weighted by molar-refractivity contribution is -0.131. The molecule has 0 spiro atoms. The van der Waals surface area contributed by atoms with Crippen LogP contribution in [0.2, 0.25) is 0 Å². The molecule has 1 aromatic carbocycles. The highest BCUT2D eigenvalue weighted by Gasteiger charge is 2.23. The van der Waals surface area contributed by atoms with Crippen molar-refractivity contribution in [2.45, 2.75) is 51.4 Å². The van der Waals surface area contributed by atoms with Crippen LogP contribution in [0.1, 0.15) is 56.9 Å². The van der Waals surface area contributed by atoms with E-state index in [0.717, 1.165) is 24.3 Å². The number of hydrogen-bond donors (Lipinski definition) is 0. The molecule has 120 valence electrons. The second-order valence-electron chi connectivity index (χ2n) is 5.99. The fraction of sp³-hybridized carbons (Fsp3) is 0.500. The SMILES string of the molecule is C=C(F)C(=O)Oc1cc(C2CCC(CCC)CC2)ccc1F. The predicted octanol–water partition coefficient (Wildman–Crippen LogP) is 5.29. The number of carbonyl (C=O) groups excluding carboxylic acids is 1. The Morgan fingerprint density at radius 3 is 2.59 bits per heavy atom. The summed E-state index contributed by atoms with van der Waals surface area (Å²) in [5, 5.41) is 0. The summed E-state index contributed by atoms with van der Waals surface area (Å²) in [7, 11) is 0. The van der Waals surface area contributed by atoms with Gasteiger partial charge in [-0.2, -0.15) is 4.39 Å². The second kappa shape index (κ2) is 7.52. The van der Waals surface area contributed by atoms with Gasteiger partial charge in [0.2, 0.25) is 5.83 Å². The van der Waals surface area contributed by atoms with E-state index in [0.29, 0.717) is 5.92 Å². The number of esters is 1. The molecular weight excluding hydrogens is 286 g/mol. The van der Waals surface area contributed by atoms with Gasteiger partial charge in [-0.25, -0.2) is 9.18 Å². The molecule has 0 heterocycles. The van der Waals surface area contributed by atoms with Crippen molar-refractivity contribution in [3.63, 3.8) is 0 Å². The largest absolute Gasteiger partial charge is 0.418 e. The minimum Gasteiger partial charge on any atom is -0.418 e. The number of halogens is 2. The third-order valence-electron chi connectivity index (χ3n) is 4.39. The van der Waals surface area contributed by atoms with Crippen LogP contribution in [0.3, 0.4) is 0 Å². The van der Waals surface area contributed by atoms with E-state index in [4.69, 9.17) is 4.74 Å². The first-order valence-corrected chi connectivity index (χ1v) is 7.87. The Balaban J connectivity index is 2.06. The monoisotopic (exact) mass is 308 g/mol. The van der Waals surface area contributed by atoms with Gasteiger partial charge in [0, 0.05) is 0 Å². The molecule has 0 radical (unpaired) electrons. The lowest BCUT2D eigenvalue weighted by Crippen LogP contribution is -2.14. The summed E-state index contributed by atoms with van der Waals surface area (Å²) in [6.07, 6.45) is 6.92. The third-order valence-corrected chi connectivity index (χ3v) is 4.39. The van der Waals surface area contributed by atoms with Crippen LogP contribution in [0.5, 0.6) is 5.75 Å². The van der Waals surface area contributed by atoms with Gasteiger partial charge >= 0.3 is 5.97 Å². The lowest BCUT2D eigenvalue weighted by atomic mass is 9.77. The standard InChI is InChI=1S/C18H22F2O2/c1-3-4-13-5-7-14(8-6-13)15-9-10-16(20)17(11-15)22-18(21)12(2)19/h9-11,13-14H,2-8H2,1H3. The van der Waals surface area contributed by atoms with Crippen LogP contribution in [0.15, 0.2) is 30.6 Å². The smallest absolute Gasteiger partial charge is 0.372 e. The van der Waals surface area contributed by atoms with E-state index < -0.39 is 17.6 Å². The molecule has 0 atom stereocenters. The van der Waals surface area contributed by atoms with Crippen molar-refractivity contribution in [1.82, 2.24) is 0 Å².